The third-order valence-electron chi connectivity index (χ3n) is 7.53. The van der Waals surface area contributed by atoms with Crippen molar-refractivity contribution in [3.8, 4) is 11.1 Å². The Morgan fingerprint density at radius 3 is 2.45 bits per heavy atom. The fourth-order valence-electron chi connectivity index (χ4n) is 5.92. The molecular weight excluding hydrogens is 493 g/mol. The van der Waals surface area contributed by atoms with Gasteiger partial charge >= 0.3 is 0 Å². The lowest BCUT2D eigenvalue weighted by Gasteiger charge is -2.40. The van der Waals surface area contributed by atoms with Gasteiger partial charge in [0.1, 0.15) is 29.3 Å². The maximum absolute atomic E-state index is 6.02. The molecule has 3 aliphatic heterocycles. The van der Waals surface area contributed by atoms with Crippen molar-refractivity contribution in [2.75, 3.05) is 18.1 Å². The molecule has 1 aromatic carbocycles. The molecule has 1 unspecified atom stereocenters. The normalized spacial score (nSPS) is 20.0. The van der Waals surface area contributed by atoms with E-state index in [2.05, 4.69) is 27.2 Å². The van der Waals surface area contributed by atoms with Gasteiger partial charge in [-0.25, -0.2) is 4.99 Å². The summed E-state index contributed by atoms with van der Waals surface area (Å²) in [6.07, 6.45) is 5.30. The number of aryl methyl sites for hydroxylation is 1. The number of pyridine rings is 1. The molecule has 0 aliphatic carbocycles. The highest BCUT2D eigenvalue weighted by Gasteiger charge is 2.46. The molecule has 0 N–H and O–H groups in total. The third kappa shape index (κ3) is 4.87. The number of nitrogens with zero attached hydrogens (tertiary/aromatic N) is 4. The van der Waals surface area contributed by atoms with Crippen LogP contribution in [0.4, 0.5) is 5.69 Å². The monoisotopic (exact) mass is 516 g/mol. The summed E-state index contributed by atoms with van der Waals surface area (Å²) in [5.41, 5.74) is 5.29. The first-order valence-corrected chi connectivity index (χ1v) is 13.1. The van der Waals surface area contributed by atoms with Crippen LogP contribution < -0.4 is 4.90 Å². The number of aliphatic imine (C=N–C) groups is 1. The Balaban J connectivity index is 1.56. The molecule has 6 rings (SSSR count). The molecule has 5 heterocycles. The highest BCUT2D eigenvalue weighted by Crippen LogP contribution is 2.51. The van der Waals surface area contributed by atoms with E-state index in [9.17, 15) is 0 Å². The van der Waals surface area contributed by atoms with Crippen LogP contribution in [-0.2, 0) is 14.6 Å². The number of anilines is 1. The Bertz CT molecular complexity index is 1480. The first-order chi connectivity index (χ1) is 19.0. The van der Waals surface area contributed by atoms with Gasteiger partial charge in [-0.2, -0.15) is 0 Å². The highest BCUT2D eigenvalue weighted by atomic mass is 16.5. The summed E-state index contributed by atoms with van der Waals surface area (Å²) in [4.78, 5) is 11.7. The Morgan fingerprint density at radius 2 is 1.77 bits per heavy atom. The van der Waals surface area contributed by atoms with Crippen molar-refractivity contribution in [2.24, 2.45) is 10.9 Å². The zero-order chi connectivity index (χ0) is 28.2. The van der Waals surface area contributed by atoms with Crippen LogP contribution in [-0.4, -0.2) is 88.0 Å². The van der Waals surface area contributed by atoms with Crippen molar-refractivity contribution in [1.82, 2.24) is 10.1 Å². The Labute approximate surface area is 242 Å². The second kappa shape index (κ2) is 10.1. The minimum Gasteiger partial charge on any atom is -0.501 e. The molecule has 1 fully saturated rings. The Kier molecular flexibility index (Phi) is 6.84. The van der Waals surface area contributed by atoms with Crippen molar-refractivity contribution in [2.45, 2.75) is 42.3 Å². The molecule has 7 nitrogen and oxygen atoms in total. The molecule has 13 heteroatoms. The summed E-state index contributed by atoms with van der Waals surface area (Å²) >= 11 is 0. The van der Waals surface area contributed by atoms with Crippen molar-refractivity contribution in [1.29, 1.82) is 0 Å². The van der Waals surface area contributed by atoms with E-state index in [4.69, 9.17) is 66.1 Å². The topological polar surface area (TPSA) is 73.0 Å². The first-order valence-electron chi connectivity index (χ1n) is 13.1. The number of fused-ring (bicyclic) bond motifs is 3. The van der Waals surface area contributed by atoms with Crippen LogP contribution >= 0.6 is 0 Å². The molecule has 2 aromatic heterocycles. The highest BCUT2D eigenvalue weighted by molar-refractivity contribution is 6.59. The maximum Gasteiger partial charge on any atom is 0.219 e. The second-order valence-corrected chi connectivity index (χ2v) is 10.6. The van der Waals surface area contributed by atoms with Crippen LogP contribution in [0.3, 0.4) is 0 Å². The molecule has 0 amide bonds. The van der Waals surface area contributed by atoms with Crippen molar-refractivity contribution < 1.29 is 14.0 Å². The van der Waals surface area contributed by atoms with Gasteiger partial charge in [-0.1, -0.05) is 40.6 Å². The van der Waals surface area contributed by atoms with Crippen molar-refractivity contribution in [3.05, 3.63) is 71.2 Å². The van der Waals surface area contributed by atoms with Gasteiger partial charge in [0.05, 0.1) is 58.3 Å². The van der Waals surface area contributed by atoms with Gasteiger partial charge in [0.15, 0.2) is 0 Å². The number of rotatable bonds is 7. The van der Waals surface area contributed by atoms with E-state index in [-0.39, 0.29) is 23.7 Å². The number of benzene rings is 1. The first kappa shape index (κ1) is 27.1. The average molecular weight is 515 g/mol. The van der Waals surface area contributed by atoms with Gasteiger partial charge in [0.25, 0.3) is 0 Å². The summed E-state index contributed by atoms with van der Waals surface area (Å²) in [6, 6.07) is 12.1. The minimum absolute atomic E-state index is 0.0340. The number of hydrogen-bond donors (Lipinski definition) is 0. The zero-order valence-electron chi connectivity index (χ0n) is 22.2. The summed E-state index contributed by atoms with van der Waals surface area (Å²) in [5.74, 6) is 0.678. The van der Waals surface area contributed by atoms with E-state index < -0.39 is 10.4 Å². The van der Waals surface area contributed by atoms with Crippen LogP contribution in [0.5, 0.6) is 0 Å². The van der Waals surface area contributed by atoms with Gasteiger partial charge in [-0.05, 0) is 42.6 Å². The largest absolute Gasteiger partial charge is 0.501 e. The maximum atomic E-state index is 6.02. The predicted molar refractivity (Wildman–Crippen MR) is 159 cm³/mol. The standard InChI is InChI=1S/C27H22B6N4O3/c1-14-20(24(40-36-14)26(28,29)30)17-11-18-22(34-12-17)21-19(13-35-25(21)39-27(31,32)33)37(18)23(15-5-3-2-4-6-15)16-7-9-38-10-8-16/h2-6,11-13,16,19,23H,7-10H2,1H3/t19?,23-/m1/s1. The minimum atomic E-state index is -1.91. The van der Waals surface area contributed by atoms with E-state index in [1.54, 1.807) is 13.1 Å². The number of aromatic nitrogens is 2. The summed E-state index contributed by atoms with van der Waals surface area (Å²) in [7, 11) is 35.5. The predicted octanol–water partition coefficient (Wildman–Crippen LogP) is 1.90. The lowest BCUT2D eigenvalue weighted by Crippen LogP contribution is -2.41. The molecule has 186 valence electrons. The van der Waals surface area contributed by atoms with E-state index in [1.807, 2.05) is 30.5 Å². The lowest BCUT2D eigenvalue weighted by molar-refractivity contribution is 0.0573. The third-order valence-corrected chi connectivity index (χ3v) is 7.53. The molecule has 0 saturated carbocycles. The van der Waals surface area contributed by atoms with E-state index >= 15 is 0 Å². The number of hydrogen-bond acceptors (Lipinski definition) is 7. The van der Waals surface area contributed by atoms with Gasteiger partial charge in [0.2, 0.25) is 5.88 Å². The quantitative estimate of drug-likeness (QED) is 0.448. The van der Waals surface area contributed by atoms with Gasteiger partial charge < -0.3 is 18.9 Å². The van der Waals surface area contributed by atoms with E-state index in [1.165, 1.54) is 0 Å². The van der Waals surface area contributed by atoms with Crippen LogP contribution in [0, 0.1) is 12.8 Å². The number of ether oxygens (including phenoxy) is 2. The molecule has 2 atom stereocenters. The molecular formula is C27H22B6N4O3. The zero-order valence-corrected chi connectivity index (χ0v) is 22.2. The Morgan fingerprint density at radius 1 is 1.05 bits per heavy atom. The fraction of sp³-hybridized carbons (Fsp3) is 0.370. The Hall–Kier alpha value is -3.06. The van der Waals surface area contributed by atoms with Crippen LogP contribution in [0.1, 0.15) is 41.6 Å². The molecule has 0 bridgehead atoms. The SMILES string of the molecule is [B]C([B])([B])OC1=C2c3ncc(-c4c(C)noc4C([B])([B])[B])cc3N([C@H](c3ccccc3)C3CCOCC3)C2C=N1. The molecule has 3 aliphatic rings. The van der Waals surface area contributed by atoms with E-state index in [0.717, 1.165) is 29.7 Å². The molecule has 0 spiro atoms. The lowest BCUT2D eigenvalue weighted by atomic mass is 9.41. The van der Waals surface area contributed by atoms with Crippen molar-refractivity contribution >= 4 is 64.6 Å². The molecule has 40 heavy (non-hydrogen) atoms. The average Bonchev–Trinajstić information content (AvgIpc) is 3.58. The van der Waals surface area contributed by atoms with Crippen molar-refractivity contribution in [3.63, 3.8) is 0 Å². The summed E-state index contributed by atoms with van der Waals surface area (Å²) in [6.45, 7) is 3.17. The van der Waals surface area contributed by atoms with E-state index in [0.29, 0.717) is 41.6 Å². The van der Waals surface area contributed by atoms with Gasteiger partial charge in [0, 0.05) is 36.8 Å². The molecule has 3 aromatic rings. The summed E-state index contributed by atoms with van der Waals surface area (Å²) < 4.78 is 16.9. The molecule has 12 radical (unpaired) electrons. The smallest absolute Gasteiger partial charge is 0.219 e. The van der Waals surface area contributed by atoms with Crippen LogP contribution in [0.2, 0.25) is 0 Å². The van der Waals surface area contributed by atoms with Gasteiger partial charge in [-0.3, -0.25) is 4.98 Å². The fourth-order valence-corrected chi connectivity index (χ4v) is 5.92. The summed E-state index contributed by atoms with van der Waals surface area (Å²) in [5, 5.41) is 0.429. The van der Waals surface area contributed by atoms with Crippen LogP contribution in [0.25, 0.3) is 16.7 Å². The van der Waals surface area contributed by atoms with Crippen LogP contribution in [0.15, 0.2) is 58.0 Å². The molecule has 1 saturated heterocycles. The second-order valence-electron chi connectivity index (χ2n) is 10.6. The van der Waals surface area contributed by atoms with Gasteiger partial charge in [-0.15, -0.1) is 0 Å².